The SMILES string of the molecule is C=CC(=O)N1CCN(c2nc(OC[C@@H]3CCCN3C)nc3c2CCN(c2cccc4ccccc24)C3)CC1COC.COCC1CN(c2nc(Cl)nc3c2CCN(C(=O)OCc2ccccc2)C3)CCN1C(=O)OC(C)(C)C. The molecule has 5 aliphatic rings. The summed E-state index contributed by atoms with van der Waals surface area (Å²) >= 11 is 6.33. The average Bonchev–Trinajstić information content (AvgIpc) is 3.89. The molecule has 5 aromatic rings. The number of halogens is 1. The van der Waals surface area contributed by atoms with Crippen LogP contribution in [-0.4, -0.2) is 181 Å². The van der Waals surface area contributed by atoms with E-state index in [2.05, 4.69) is 85.7 Å². The Morgan fingerprint density at radius 3 is 2.04 bits per heavy atom. The van der Waals surface area contributed by atoms with E-state index in [0.29, 0.717) is 96.3 Å². The Labute approximate surface area is 463 Å². The van der Waals surface area contributed by atoms with Gasteiger partial charge in [-0.05, 0) is 94.7 Å². The van der Waals surface area contributed by atoms with Gasteiger partial charge in [-0.2, -0.15) is 9.97 Å². The van der Waals surface area contributed by atoms with Gasteiger partial charge in [-0.3, -0.25) is 9.69 Å². The van der Waals surface area contributed by atoms with Crippen molar-refractivity contribution >= 4 is 57.8 Å². The number of likely N-dealkylation sites (N-methyl/N-ethyl adjacent to an activating group) is 1. The van der Waals surface area contributed by atoms with Crippen LogP contribution in [-0.2, 0) is 56.3 Å². The number of ether oxygens (including phenoxy) is 5. The minimum Gasteiger partial charge on any atom is -0.462 e. The second-order valence-electron chi connectivity index (χ2n) is 21.5. The van der Waals surface area contributed by atoms with E-state index in [-0.39, 0.29) is 42.5 Å². The number of hydrogen-bond donors (Lipinski definition) is 0. The van der Waals surface area contributed by atoms with E-state index in [0.717, 1.165) is 54.4 Å². The first kappa shape index (κ1) is 55.9. The number of anilines is 3. The van der Waals surface area contributed by atoms with E-state index < -0.39 is 11.7 Å². The summed E-state index contributed by atoms with van der Waals surface area (Å²) in [5.74, 6) is 1.60. The molecule has 20 heteroatoms. The lowest BCUT2D eigenvalue weighted by atomic mass is 10.0. The number of piperazine rings is 2. The summed E-state index contributed by atoms with van der Waals surface area (Å²) in [5, 5.41) is 2.60. The topological polar surface area (TPSA) is 172 Å². The van der Waals surface area contributed by atoms with E-state index in [4.69, 9.17) is 45.3 Å². The molecule has 19 nitrogen and oxygen atoms in total. The molecule has 0 bridgehead atoms. The number of amides is 3. The van der Waals surface area contributed by atoms with Crippen molar-refractivity contribution in [2.75, 3.05) is 115 Å². The maximum Gasteiger partial charge on any atom is 0.410 e. The average molecular weight is 1090 g/mol. The first-order valence-electron chi connectivity index (χ1n) is 27.1. The highest BCUT2D eigenvalue weighted by Gasteiger charge is 2.37. The number of carbonyl (C=O) groups excluding carboxylic acids is 3. The van der Waals surface area contributed by atoms with Crippen LogP contribution in [0.15, 0.2) is 85.5 Å². The molecule has 3 fully saturated rings. The monoisotopic (exact) mass is 1090 g/mol. The molecule has 0 aliphatic carbocycles. The minimum atomic E-state index is -0.584. The zero-order chi connectivity index (χ0) is 54.9. The zero-order valence-electron chi connectivity index (χ0n) is 45.9. The van der Waals surface area contributed by atoms with Crippen LogP contribution < -0.4 is 19.4 Å². The molecule has 5 aliphatic heterocycles. The molecule has 2 unspecified atom stereocenters. The summed E-state index contributed by atoms with van der Waals surface area (Å²) in [5.41, 5.74) is 5.41. The molecule has 416 valence electrons. The van der Waals surface area contributed by atoms with Gasteiger partial charge in [-0.15, -0.1) is 0 Å². The molecule has 0 radical (unpaired) electrons. The third-order valence-electron chi connectivity index (χ3n) is 15.1. The Kier molecular flexibility index (Phi) is 18.2. The Morgan fingerprint density at radius 1 is 0.692 bits per heavy atom. The van der Waals surface area contributed by atoms with Gasteiger partial charge in [-0.25, -0.2) is 19.6 Å². The molecule has 3 amide bonds. The maximum atomic E-state index is 12.8. The summed E-state index contributed by atoms with van der Waals surface area (Å²) in [6.45, 7) is 17.7. The first-order chi connectivity index (χ1) is 37.7. The summed E-state index contributed by atoms with van der Waals surface area (Å²) in [4.78, 5) is 71.5. The van der Waals surface area contributed by atoms with E-state index >= 15 is 0 Å². The van der Waals surface area contributed by atoms with E-state index in [1.165, 1.54) is 34.5 Å². The van der Waals surface area contributed by atoms with Crippen LogP contribution in [0.4, 0.5) is 26.9 Å². The second-order valence-corrected chi connectivity index (χ2v) is 21.8. The molecule has 10 rings (SSSR count). The van der Waals surface area contributed by atoms with E-state index in [1.54, 1.807) is 24.0 Å². The van der Waals surface area contributed by atoms with Gasteiger partial charge in [0.15, 0.2) is 0 Å². The predicted molar refractivity (Wildman–Crippen MR) is 300 cm³/mol. The highest BCUT2D eigenvalue weighted by atomic mass is 35.5. The molecule has 0 spiro atoms. The minimum absolute atomic E-state index is 0.0631. The van der Waals surface area contributed by atoms with Crippen LogP contribution in [0.5, 0.6) is 6.01 Å². The van der Waals surface area contributed by atoms with Crippen molar-refractivity contribution in [2.24, 2.45) is 0 Å². The van der Waals surface area contributed by atoms with Gasteiger partial charge >= 0.3 is 18.2 Å². The van der Waals surface area contributed by atoms with E-state index in [9.17, 15) is 14.4 Å². The second kappa shape index (κ2) is 25.3. The number of aromatic nitrogens is 4. The van der Waals surface area contributed by atoms with Gasteiger partial charge < -0.3 is 53.1 Å². The van der Waals surface area contributed by atoms with Crippen molar-refractivity contribution in [1.82, 2.24) is 39.5 Å². The van der Waals surface area contributed by atoms with Crippen LogP contribution in [0.1, 0.15) is 61.7 Å². The number of rotatable bonds is 13. The fourth-order valence-electron chi connectivity index (χ4n) is 11.1. The quantitative estimate of drug-likeness (QED) is 0.0842. The van der Waals surface area contributed by atoms with Crippen LogP contribution in [0.3, 0.4) is 0 Å². The summed E-state index contributed by atoms with van der Waals surface area (Å²) in [6.07, 6.45) is 4.36. The van der Waals surface area contributed by atoms with Crippen molar-refractivity contribution in [3.05, 3.63) is 119 Å². The lowest BCUT2D eigenvalue weighted by Gasteiger charge is -2.42. The molecule has 3 aromatic carbocycles. The fraction of sp³-hybridized carbons (Fsp3) is 0.500. The lowest BCUT2D eigenvalue weighted by molar-refractivity contribution is -0.129. The molecule has 78 heavy (non-hydrogen) atoms. The Balaban J connectivity index is 0.000000191. The van der Waals surface area contributed by atoms with Gasteiger partial charge in [0, 0.05) is 94.8 Å². The number of benzene rings is 3. The summed E-state index contributed by atoms with van der Waals surface area (Å²) in [6, 6.07) is 25.1. The van der Waals surface area contributed by atoms with Crippen LogP contribution in [0, 0.1) is 0 Å². The molecular weight excluding hydrogens is 1010 g/mol. The molecule has 3 saturated heterocycles. The van der Waals surface area contributed by atoms with Crippen LogP contribution in [0.2, 0.25) is 5.28 Å². The zero-order valence-corrected chi connectivity index (χ0v) is 46.7. The van der Waals surface area contributed by atoms with Crippen LogP contribution >= 0.6 is 11.6 Å². The Morgan fingerprint density at radius 2 is 1.35 bits per heavy atom. The standard InChI is InChI=1S/C32H40N6O3.C26H34ClN5O5/c1-4-30(39)38-18-17-37(19-25(38)21-40-3)31-27-14-16-36(29-13-7-10-23-9-5-6-12-26(23)29)20-28(27)33-32(34-31)41-22-24-11-8-15-35(24)2;1-26(2,3)37-25(34)32-13-12-30(14-19(32)17-35-4)22-20-10-11-31(15-21(20)28-23(27)29-22)24(33)36-16-18-8-6-5-7-9-18/h4-7,9-10,12-13,24-25H,1,8,11,14-22H2,2-3H3;5-9,19H,10-17H2,1-4H3/t24-,25?;/m0./s1. The van der Waals surface area contributed by atoms with Gasteiger partial charge in [-0.1, -0.05) is 73.3 Å². The van der Waals surface area contributed by atoms with E-state index in [1.807, 2.05) is 56.0 Å². The normalized spacial score (nSPS) is 19.7. The van der Waals surface area contributed by atoms with Crippen molar-refractivity contribution < 1.29 is 38.1 Å². The summed E-state index contributed by atoms with van der Waals surface area (Å²) < 4.78 is 28.3. The number of likely N-dealkylation sites (tertiary alicyclic amines) is 1. The van der Waals surface area contributed by atoms with Crippen LogP contribution in [0.25, 0.3) is 10.8 Å². The number of nitrogens with zero attached hydrogens (tertiary/aromatic N) is 11. The maximum absolute atomic E-state index is 12.8. The molecule has 3 atom stereocenters. The van der Waals surface area contributed by atoms with Crippen molar-refractivity contribution in [3.63, 3.8) is 0 Å². The van der Waals surface area contributed by atoms with Crippen molar-refractivity contribution in [3.8, 4) is 6.01 Å². The number of hydrogen-bond acceptors (Lipinski definition) is 16. The molecule has 0 saturated carbocycles. The highest BCUT2D eigenvalue weighted by Crippen LogP contribution is 2.36. The van der Waals surface area contributed by atoms with Crippen molar-refractivity contribution in [1.29, 1.82) is 0 Å². The smallest absolute Gasteiger partial charge is 0.410 e. The van der Waals surface area contributed by atoms with Gasteiger partial charge in [0.25, 0.3) is 0 Å². The lowest BCUT2D eigenvalue weighted by Crippen LogP contribution is -2.58. The molecule has 0 N–H and O–H groups in total. The first-order valence-corrected chi connectivity index (χ1v) is 27.4. The van der Waals surface area contributed by atoms with Gasteiger partial charge in [0.05, 0.1) is 49.8 Å². The highest BCUT2D eigenvalue weighted by molar-refractivity contribution is 6.28. The molecular formula is C58H74ClN11O8. The third kappa shape index (κ3) is 13.4. The third-order valence-corrected chi connectivity index (χ3v) is 15.2. The largest absolute Gasteiger partial charge is 0.462 e. The Bertz CT molecular complexity index is 2910. The summed E-state index contributed by atoms with van der Waals surface area (Å²) in [7, 11) is 5.44. The van der Waals surface area contributed by atoms with Gasteiger partial charge in [0.1, 0.15) is 30.5 Å². The predicted octanol–water partition coefficient (Wildman–Crippen LogP) is 7.41. The van der Waals surface area contributed by atoms with Gasteiger partial charge in [0.2, 0.25) is 11.2 Å². The molecule has 2 aromatic heterocycles. The number of fused-ring (bicyclic) bond motifs is 3. The number of carbonyl (C=O) groups is 3. The molecule has 7 heterocycles. The Hall–Kier alpha value is -6.80. The van der Waals surface area contributed by atoms with Crippen molar-refractivity contribution in [2.45, 2.75) is 89.9 Å². The fourth-order valence-corrected chi connectivity index (χ4v) is 11.3. The number of methoxy groups -OCH3 is 2.